The molecule has 2 heterocycles. The Bertz CT molecular complexity index is 785. The van der Waals surface area contributed by atoms with Crippen LogP contribution in [-0.2, 0) is 11.2 Å². The Morgan fingerprint density at radius 3 is 2.72 bits per heavy atom. The third-order valence-electron chi connectivity index (χ3n) is 5.01. The quantitative estimate of drug-likeness (QED) is 0.519. The van der Waals surface area contributed by atoms with Crippen LogP contribution in [-0.4, -0.2) is 40.4 Å². The van der Waals surface area contributed by atoms with Gasteiger partial charge in [-0.1, -0.05) is 37.9 Å². The molecule has 0 radical (unpaired) electrons. The maximum absolute atomic E-state index is 11.6. The Labute approximate surface area is 149 Å². The van der Waals surface area contributed by atoms with Gasteiger partial charge in [-0.15, -0.1) is 0 Å². The summed E-state index contributed by atoms with van der Waals surface area (Å²) in [7, 11) is 0. The smallest absolute Gasteiger partial charge is 0.245 e. The molecule has 0 spiro atoms. The van der Waals surface area contributed by atoms with Crippen molar-refractivity contribution < 1.29 is 9.90 Å². The van der Waals surface area contributed by atoms with Gasteiger partial charge in [-0.05, 0) is 36.6 Å². The second kappa shape index (κ2) is 6.63. The molecule has 1 aromatic rings. The fourth-order valence-corrected chi connectivity index (χ4v) is 3.58. The highest BCUT2D eigenvalue weighted by Crippen LogP contribution is 2.34. The fraction of sp³-hybridized carbons (Fsp3) is 0.286. The van der Waals surface area contributed by atoms with Crippen molar-refractivity contribution in [1.82, 2.24) is 9.80 Å². The molecule has 1 N–H and O–H groups in total. The van der Waals surface area contributed by atoms with Crippen molar-refractivity contribution >= 4 is 11.6 Å². The van der Waals surface area contributed by atoms with E-state index in [1.807, 2.05) is 11.8 Å². The number of aliphatic hydroxyl groups excluding tert-OH is 1. The minimum Gasteiger partial charge on any atom is -0.509 e. The lowest BCUT2D eigenvalue weighted by atomic mass is 9.86. The summed E-state index contributed by atoms with van der Waals surface area (Å²) in [6.45, 7) is 15.6. The second-order valence-electron chi connectivity index (χ2n) is 6.69. The van der Waals surface area contributed by atoms with Crippen molar-refractivity contribution in [3.63, 3.8) is 0 Å². The van der Waals surface area contributed by atoms with Crippen LogP contribution in [0, 0.1) is 0 Å². The van der Waals surface area contributed by atoms with Gasteiger partial charge in [-0.3, -0.25) is 4.79 Å². The van der Waals surface area contributed by atoms with Gasteiger partial charge >= 0.3 is 0 Å². The standard InChI is InChI=1S/C21H24N2O2/c1-5-21(25)22-12-19(13-22)17-6-7-20-16(4)23(9-8-18(20)11-17)14(2)10-15(3)24/h5-7,10-11,19,24H,1,3-4,8-9,12-13H2,2H3/b14-10+. The molecule has 1 amide bonds. The molecule has 0 aromatic heterocycles. The van der Waals surface area contributed by atoms with Crippen LogP contribution in [0.3, 0.4) is 0 Å². The highest BCUT2D eigenvalue weighted by atomic mass is 16.3. The van der Waals surface area contributed by atoms with E-state index in [2.05, 4.69) is 42.8 Å². The van der Waals surface area contributed by atoms with Crippen molar-refractivity contribution in [1.29, 1.82) is 0 Å². The Hall–Kier alpha value is -2.75. The zero-order valence-electron chi connectivity index (χ0n) is 14.7. The van der Waals surface area contributed by atoms with Crippen molar-refractivity contribution in [2.45, 2.75) is 19.3 Å². The molecular formula is C21H24N2O2. The number of fused-ring (bicyclic) bond motifs is 1. The molecule has 0 atom stereocenters. The molecule has 4 nitrogen and oxygen atoms in total. The third kappa shape index (κ3) is 3.25. The molecule has 1 aromatic carbocycles. The summed E-state index contributed by atoms with van der Waals surface area (Å²) in [4.78, 5) is 15.5. The molecular weight excluding hydrogens is 312 g/mol. The highest BCUT2D eigenvalue weighted by Gasteiger charge is 2.31. The summed E-state index contributed by atoms with van der Waals surface area (Å²) in [6, 6.07) is 6.51. The SMILES string of the molecule is C=CC(=O)N1CC(c2ccc3c(c2)CCN(/C(C)=C/C(=C)O)C3=C)C1. The predicted octanol–water partition coefficient (Wildman–Crippen LogP) is 3.60. The number of nitrogens with zero attached hydrogens (tertiary/aromatic N) is 2. The number of carbonyl (C=O) groups is 1. The summed E-state index contributed by atoms with van der Waals surface area (Å²) in [5.41, 5.74) is 5.60. The van der Waals surface area contributed by atoms with E-state index in [0.29, 0.717) is 5.92 Å². The molecule has 2 aliphatic rings. The van der Waals surface area contributed by atoms with E-state index in [4.69, 9.17) is 0 Å². The van der Waals surface area contributed by atoms with Gasteiger partial charge in [0, 0.05) is 42.5 Å². The zero-order valence-corrected chi connectivity index (χ0v) is 14.7. The average Bonchev–Trinajstić information content (AvgIpc) is 2.52. The molecule has 0 aliphatic carbocycles. The van der Waals surface area contributed by atoms with Crippen LogP contribution >= 0.6 is 0 Å². The van der Waals surface area contributed by atoms with Gasteiger partial charge in [0.15, 0.2) is 0 Å². The number of hydrogen-bond donors (Lipinski definition) is 1. The van der Waals surface area contributed by atoms with E-state index in [1.165, 1.54) is 17.2 Å². The lowest BCUT2D eigenvalue weighted by Crippen LogP contribution is -2.47. The molecule has 0 saturated carbocycles. The Kier molecular flexibility index (Phi) is 4.53. The molecule has 4 heteroatoms. The van der Waals surface area contributed by atoms with Gasteiger partial charge in [0.25, 0.3) is 0 Å². The van der Waals surface area contributed by atoms with Gasteiger partial charge in [0.05, 0.1) is 0 Å². The van der Waals surface area contributed by atoms with Gasteiger partial charge in [-0.25, -0.2) is 0 Å². The van der Waals surface area contributed by atoms with Crippen LogP contribution in [0.25, 0.3) is 5.70 Å². The topological polar surface area (TPSA) is 43.8 Å². The first kappa shape index (κ1) is 17.1. The van der Waals surface area contributed by atoms with E-state index >= 15 is 0 Å². The monoisotopic (exact) mass is 336 g/mol. The Morgan fingerprint density at radius 2 is 2.08 bits per heavy atom. The van der Waals surface area contributed by atoms with Crippen LogP contribution in [0.1, 0.15) is 29.5 Å². The van der Waals surface area contributed by atoms with Crippen LogP contribution in [0.5, 0.6) is 0 Å². The number of likely N-dealkylation sites (tertiary alicyclic amines) is 1. The maximum atomic E-state index is 11.6. The summed E-state index contributed by atoms with van der Waals surface area (Å²) in [5, 5.41) is 9.38. The first-order valence-corrected chi connectivity index (χ1v) is 8.48. The Morgan fingerprint density at radius 1 is 1.36 bits per heavy atom. The summed E-state index contributed by atoms with van der Waals surface area (Å²) in [6.07, 6.45) is 3.95. The van der Waals surface area contributed by atoms with Crippen LogP contribution in [0.15, 0.2) is 61.5 Å². The lowest BCUT2D eigenvalue weighted by molar-refractivity contribution is -0.130. The highest BCUT2D eigenvalue weighted by molar-refractivity contribution is 5.87. The molecule has 3 rings (SSSR count). The van der Waals surface area contributed by atoms with Gasteiger partial charge in [0.1, 0.15) is 5.76 Å². The van der Waals surface area contributed by atoms with Crippen LogP contribution in [0.2, 0.25) is 0 Å². The first-order chi connectivity index (χ1) is 11.9. The maximum Gasteiger partial charge on any atom is 0.245 e. The van der Waals surface area contributed by atoms with Gasteiger partial charge in [0.2, 0.25) is 5.91 Å². The van der Waals surface area contributed by atoms with Gasteiger partial charge < -0.3 is 14.9 Å². The van der Waals surface area contributed by atoms with Crippen molar-refractivity contribution in [2.24, 2.45) is 0 Å². The number of aliphatic hydroxyl groups is 1. The number of amides is 1. The number of rotatable bonds is 4. The number of benzene rings is 1. The van der Waals surface area contributed by atoms with Crippen molar-refractivity contribution in [3.8, 4) is 0 Å². The predicted molar refractivity (Wildman–Crippen MR) is 101 cm³/mol. The molecule has 1 fully saturated rings. The molecule has 25 heavy (non-hydrogen) atoms. The second-order valence-corrected chi connectivity index (χ2v) is 6.69. The summed E-state index contributed by atoms with van der Waals surface area (Å²) < 4.78 is 0. The van der Waals surface area contributed by atoms with Crippen molar-refractivity contribution in [2.75, 3.05) is 19.6 Å². The van der Waals surface area contributed by atoms with E-state index in [-0.39, 0.29) is 11.7 Å². The number of carbonyl (C=O) groups excluding carboxylic acids is 1. The molecule has 1 saturated heterocycles. The van der Waals surface area contributed by atoms with Crippen LogP contribution in [0.4, 0.5) is 0 Å². The van der Waals surface area contributed by atoms with E-state index in [1.54, 1.807) is 6.08 Å². The minimum absolute atomic E-state index is 0.00552. The van der Waals surface area contributed by atoms with Gasteiger partial charge in [-0.2, -0.15) is 0 Å². The third-order valence-corrected chi connectivity index (χ3v) is 5.01. The molecule has 0 bridgehead atoms. The average molecular weight is 336 g/mol. The molecule has 0 unspecified atom stereocenters. The van der Waals surface area contributed by atoms with Crippen molar-refractivity contribution in [3.05, 3.63) is 78.2 Å². The van der Waals surface area contributed by atoms with E-state index < -0.39 is 0 Å². The number of allylic oxidation sites excluding steroid dienone is 2. The van der Waals surface area contributed by atoms with Crippen LogP contribution < -0.4 is 0 Å². The normalized spacial score (nSPS) is 17.8. The Balaban J connectivity index is 1.76. The first-order valence-electron chi connectivity index (χ1n) is 8.48. The van der Waals surface area contributed by atoms with E-state index in [0.717, 1.165) is 43.0 Å². The minimum atomic E-state index is 0.00552. The zero-order chi connectivity index (χ0) is 18.1. The number of hydrogen-bond acceptors (Lipinski definition) is 3. The largest absolute Gasteiger partial charge is 0.509 e. The molecule has 2 aliphatic heterocycles. The molecule has 130 valence electrons. The fourth-order valence-electron chi connectivity index (χ4n) is 3.58. The summed E-state index contributed by atoms with van der Waals surface area (Å²) in [5.74, 6) is 0.459. The lowest BCUT2D eigenvalue weighted by Gasteiger charge is -2.40. The summed E-state index contributed by atoms with van der Waals surface area (Å²) >= 11 is 0. The van der Waals surface area contributed by atoms with E-state index in [9.17, 15) is 9.90 Å².